The molecular weight excluding hydrogens is 487 g/mol. The summed E-state index contributed by atoms with van der Waals surface area (Å²) in [4.78, 5) is 19.3. The molecule has 35 heavy (non-hydrogen) atoms. The van der Waals surface area contributed by atoms with Crippen LogP contribution in [0.2, 0.25) is 5.02 Å². The highest BCUT2D eigenvalue weighted by molar-refractivity contribution is 6.32. The fraction of sp³-hybridized carbons (Fsp3) is 0.292. The molecule has 0 fully saturated rings. The second-order valence-corrected chi connectivity index (χ2v) is 8.19. The minimum absolute atomic E-state index is 0.296. The van der Waals surface area contributed by atoms with Gasteiger partial charge in [0.1, 0.15) is 0 Å². The Balaban J connectivity index is 0.000000371. The smallest absolute Gasteiger partial charge is 0.416 e. The average molecular weight is 510 g/mol. The molecule has 3 aromatic rings. The van der Waals surface area contributed by atoms with Gasteiger partial charge in [0.2, 0.25) is 0 Å². The molecule has 7 nitrogen and oxygen atoms in total. The van der Waals surface area contributed by atoms with Crippen molar-refractivity contribution in [1.82, 2.24) is 15.1 Å². The van der Waals surface area contributed by atoms with E-state index in [1.807, 2.05) is 12.1 Å². The number of fused-ring (bicyclic) bond motifs is 1. The molecule has 0 spiro atoms. The third kappa shape index (κ3) is 6.83. The third-order valence-electron chi connectivity index (χ3n) is 5.35. The number of alkyl halides is 3. The summed E-state index contributed by atoms with van der Waals surface area (Å²) in [6, 6.07) is 10.8. The molecule has 2 aromatic carbocycles. The largest absolute Gasteiger partial charge is 0.481 e. The molecule has 1 aliphatic heterocycles. The highest BCUT2D eigenvalue weighted by Crippen LogP contribution is 2.35. The van der Waals surface area contributed by atoms with Crippen molar-refractivity contribution in [2.45, 2.75) is 31.9 Å². The Hall–Kier alpha value is -3.37. The summed E-state index contributed by atoms with van der Waals surface area (Å²) in [5.41, 5.74) is 3.36. The van der Waals surface area contributed by atoms with Gasteiger partial charge in [-0.2, -0.15) is 18.3 Å². The van der Waals surface area contributed by atoms with Crippen molar-refractivity contribution >= 4 is 23.5 Å². The Kier molecular flexibility index (Phi) is 8.52. The molecule has 1 aliphatic rings. The molecule has 3 N–H and O–H groups in total. The monoisotopic (exact) mass is 509 g/mol. The number of aromatic nitrogens is 2. The quantitative estimate of drug-likeness (QED) is 0.455. The van der Waals surface area contributed by atoms with Crippen molar-refractivity contribution in [1.29, 1.82) is 0 Å². The Morgan fingerprint density at radius 2 is 1.71 bits per heavy atom. The van der Waals surface area contributed by atoms with Gasteiger partial charge in [0.15, 0.2) is 0 Å². The predicted octanol–water partition coefficient (Wildman–Crippen LogP) is 4.84. The fourth-order valence-electron chi connectivity index (χ4n) is 3.72. The molecule has 0 radical (unpaired) electrons. The van der Waals surface area contributed by atoms with Gasteiger partial charge in [0.05, 0.1) is 41.0 Å². The van der Waals surface area contributed by atoms with Gasteiger partial charge in [0.25, 0.3) is 0 Å². The molecule has 0 bridgehead atoms. The standard InChI is InChI=1S/C20H17ClF3N3.C4H6O4/c21-17-5-4-13-6-9-25-10-7-16(13)19(17)27-18(8-11-26-27)14-2-1-3-15(12-14)20(22,23)24;5-3(6)1-2-4(7)8/h1-5,8,11-12,25H,6-7,9-10H2;1-2H2,(H,5,6)(H,7,8). The minimum atomic E-state index is -4.39. The van der Waals surface area contributed by atoms with Crippen LogP contribution in [0.1, 0.15) is 29.5 Å². The van der Waals surface area contributed by atoms with Crippen molar-refractivity contribution in [3.05, 3.63) is 70.4 Å². The van der Waals surface area contributed by atoms with Crippen LogP contribution >= 0.6 is 11.6 Å². The SMILES string of the molecule is FC(F)(F)c1cccc(-c2ccnn2-c2c(Cl)ccc3c2CCNCC3)c1.O=C(O)CCC(=O)O. The van der Waals surface area contributed by atoms with Crippen molar-refractivity contribution in [3.8, 4) is 16.9 Å². The summed E-state index contributed by atoms with van der Waals surface area (Å²) in [5, 5.41) is 24.1. The van der Waals surface area contributed by atoms with Crippen LogP contribution in [0.5, 0.6) is 0 Å². The number of hydrogen-bond donors (Lipinski definition) is 3. The van der Waals surface area contributed by atoms with E-state index in [1.54, 1.807) is 23.0 Å². The molecule has 0 unspecified atom stereocenters. The Labute approximate surface area is 204 Å². The molecule has 11 heteroatoms. The van der Waals surface area contributed by atoms with Crippen LogP contribution in [-0.2, 0) is 28.6 Å². The Bertz CT molecular complexity index is 1200. The molecule has 2 heterocycles. The van der Waals surface area contributed by atoms with E-state index in [0.29, 0.717) is 16.3 Å². The Morgan fingerprint density at radius 3 is 2.37 bits per heavy atom. The second-order valence-electron chi connectivity index (χ2n) is 7.78. The lowest BCUT2D eigenvalue weighted by molar-refractivity contribution is -0.143. The number of aliphatic carboxylic acids is 2. The van der Waals surface area contributed by atoms with Crippen LogP contribution in [0.15, 0.2) is 48.7 Å². The van der Waals surface area contributed by atoms with Gasteiger partial charge in [-0.05, 0) is 61.3 Å². The van der Waals surface area contributed by atoms with Crippen LogP contribution in [0, 0.1) is 0 Å². The van der Waals surface area contributed by atoms with Crippen LogP contribution in [0.25, 0.3) is 16.9 Å². The molecule has 1 aromatic heterocycles. The lowest BCUT2D eigenvalue weighted by Crippen LogP contribution is -2.16. The summed E-state index contributed by atoms with van der Waals surface area (Å²) < 4.78 is 41.0. The number of carbonyl (C=O) groups is 2. The lowest BCUT2D eigenvalue weighted by atomic mass is 10.0. The number of carboxylic acids is 2. The molecule has 0 amide bonds. The summed E-state index contributed by atoms with van der Waals surface area (Å²) in [7, 11) is 0. The number of benzene rings is 2. The number of hydrogen-bond acceptors (Lipinski definition) is 4. The van der Waals surface area contributed by atoms with Gasteiger partial charge in [-0.15, -0.1) is 0 Å². The first-order chi connectivity index (χ1) is 16.6. The van der Waals surface area contributed by atoms with E-state index in [2.05, 4.69) is 10.4 Å². The summed E-state index contributed by atoms with van der Waals surface area (Å²) in [5.74, 6) is -2.15. The van der Waals surface area contributed by atoms with Gasteiger partial charge < -0.3 is 15.5 Å². The second kappa shape index (κ2) is 11.4. The summed E-state index contributed by atoms with van der Waals surface area (Å²) >= 11 is 6.51. The Morgan fingerprint density at radius 1 is 1.03 bits per heavy atom. The van der Waals surface area contributed by atoms with E-state index in [1.165, 1.54) is 11.6 Å². The minimum Gasteiger partial charge on any atom is -0.481 e. The molecule has 0 aliphatic carbocycles. The lowest BCUT2D eigenvalue weighted by Gasteiger charge is -2.17. The van der Waals surface area contributed by atoms with Crippen LogP contribution in [0.4, 0.5) is 13.2 Å². The van der Waals surface area contributed by atoms with Crippen molar-refractivity contribution in [2.24, 2.45) is 0 Å². The first kappa shape index (κ1) is 26.2. The number of nitrogens with one attached hydrogen (secondary N) is 1. The summed E-state index contributed by atoms with van der Waals surface area (Å²) in [6.45, 7) is 1.70. The highest BCUT2D eigenvalue weighted by Gasteiger charge is 2.31. The van der Waals surface area contributed by atoms with Crippen LogP contribution in [-0.4, -0.2) is 45.0 Å². The first-order valence-corrected chi connectivity index (χ1v) is 11.1. The normalized spacial score (nSPS) is 13.3. The predicted molar refractivity (Wildman–Crippen MR) is 124 cm³/mol. The maximum atomic E-state index is 13.1. The molecule has 0 saturated heterocycles. The third-order valence-corrected chi connectivity index (χ3v) is 5.65. The van der Waals surface area contributed by atoms with Gasteiger partial charge in [-0.25, -0.2) is 4.68 Å². The topological polar surface area (TPSA) is 104 Å². The number of carboxylic acid groups (broad SMARTS) is 2. The van der Waals surface area contributed by atoms with Crippen molar-refractivity contribution in [3.63, 3.8) is 0 Å². The molecule has 186 valence electrons. The van der Waals surface area contributed by atoms with Crippen molar-refractivity contribution < 1.29 is 33.0 Å². The van der Waals surface area contributed by atoms with Gasteiger partial charge in [-0.1, -0.05) is 29.8 Å². The zero-order valence-electron chi connectivity index (χ0n) is 18.5. The highest BCUT2D eigenvalue weighted by atomic mass is 35.5. The first-order valence-electron chi connectivity index (χ1n) is 10.7. The van der Waals surface area contributed by atoms with Gasteiger partial charge >= 0.3 is 18.1 Å². The number of rotatable bonds is 5. The molecular formula is C24H23ClF3N3O4. The van der Waals surface area contributed by atoms with E-state index >= 15 is 0 Å². The van der Waals surface area contributed by atoms with Crippen LogP contribution in [0.3, 0.4) is 0 Å². The van der Waals surface area contributed by atoms with E-state index in [4.69, 9.17) is 21.8 Å². The van der Waals surface area contributed by atoms with Crippen LogP contribution < -0.4 is 5.32 Å². The zero-order chi connectivity index (χ0) is 25.6. The average Bonchev–Trinajstić information content (AvgIpc) is 3.15. The van der Waals surface area contributed by atoms with E-state index in [-0.39, 0.29) is 12.8 Å². The fourth-order valence-corrected chi connectivity index (χ4v) is 3.98. The maximum Gasteiger partial charge on any atom is 0.416 e. The van der Waals surface area contributed by atoms with Crippen molar-refractivity contribution in [2.75, 3.05) is 13.1 Å². The van der Waals surface area contributed by atoms with Gasteiger partial charge in [-0.3, -0.25) is 9.59 Å². The number of nitrogens with zero attached hydrogens (tertiary/aromatic N) is 2. The maximum absolute atomic E-state index is 13.1. The van der Waals surface area contributed by atoms with Gasteiger partial charge in [0, 0.05) is 5.56 Å². The van der Waals surface area contributed by atoms with E-state index in [9.17, 15) is 22.8 Å². The van der Waals surface area contributed by atoms with E-state index in [0.717, 1.165) is 49.3 Å². The van der Waals surface area contributed by atoms with E-state index < -0.39 is 23.7 Å². The molecule has 0 atom stereocenters. The number of halogens is 4. The molecule has 0 saturated carbocycles. The zero-order valence-corrected chi connectivity index (χ0v) is 19.2. The molecule has 4 rings (SSSR count). The summed E-state index contributed by atoms with van der Waals surface area (Å²) in [6.07, 6.45) is -1.74.